The van der Waals surface area contributed by atoms with Crippen molar-refractivity contribution in [1.29, 1.82) is 5.26 Å². The van der Waals surface area contributed by atoms with E-state index in [1.165, 1.54) is 5.69 Å². The molecule has 3 nitrogen and oxygen atoms in total. The van der Waals surface area contributed by atoms with Crippen molar-refractivity contribution in [3.63, 3.8) is 0 Å². The fourth-order valence-corrected chi connectivity index (χ4v) is 1.57. The molecule has 0 radical (unpaired) electrons. The Hall–Kier alpha value is -1.27. The zero-order valence-electron chi connectivity index (χ0n) is 10.6. The second-order valence-electron chi connectivity index (χ2n) is 5.57. The lowest BCUT2D eigenvalue weighted by atomic mass is 9.88. The molecule has 1 heterocycles. The van der Waals surface area contributed by atoms with Gasteiger partial charge in [-0.3, -0.25) is 0 Å². The summed E-state index contributed by atoms with van der Waals surface area (Å²) in [5.41, 5.74) is 0.982. The molecule has 0 aliphatic heterocycles. The average Bonchev–Trinajstić information content (AvgIpc) is 2.70. The lowest BCUT2D eigenvalue weighted by Crippen LogP contribution is -2.37. The van der Waals surface area contributed by atoms with Gasteiger partial charge >= 0.3 is 0 Å². The summed E-state index contributed by atoms with van der Waals surface area (Å²) >= 11 is 0. The number of aromatic nitrogens is 1. The molecule has 0 bridgehead atoms. The van der Waals surface area contributed by atoms with Gasteiger partial charge in [0.25, 0.3) is 0 Å². The molecule has 0 aliphatic rings. The molecule has 1 aromatic heterocycles. The van der Waals surface area contributed by atoms with Gasteiger partial charge in [-0.15, -0.1) is 0 Å². The van der Waals surface area contributed by atoms with E-state index in [9.17, 15) is 0 Å². The summed E-state index contributed by atoms with van der Waals surface area (Å²) in [5.74, 6) is 0. The third-order valence-electron chi connectivity index (χ3n) is 2.76. The van der Waals surface area contributed by atoms with E-state index in [2.05, 4.69) is 36.3 Å². The Labute approximate surface area is 97.9 Å². The minimum Gasteiger partial charge on any atom is -0.365 e. The monoisotopic (exact) mass is 219 g/mol. The van der Waals surface area contributed by atoms with Crippen LogP contribution in [0.3, 0.4) is 0 Å². The zero-order chi connectivity index (χ0) is 12.2. The van der Waals surface area contributed by atoms with Gasteiger partial charge in [-0.05, 0) is 26.0 Å². The highest BCUT2D eigenvalue weighted by atomic mass is 14.9. The Kier molecular flexibility index (Phi) is 3.77. The molecule has 2 N–H and O–H groups in total. The Morgan fingerprint density at radius 3 is 2.50 bits per heavy atom. The lowest BCUT2D eigenvalue weighted by molar-refractivity contribution is 0.393. The third-order valence-corrected chi connectivity index (χ3v) is 2.76. The van der Waals surface area contributed by atoms with Crippen molar-refractivity contribution in [3.8, 4) is 6.07 Å². The molecule has 1 aromatic rings. The van der Waals surface area contributed by atoms with Crippen LogP contribution < -0.4 is 5.32 Å². The summed E-state index contributed by atoms with van der Waals surface area (Å²) in [7, 11) is 0. The summed E-state index contributed by atoms with van der Waals surface area (Å²) in [5, 5.41) is 12.3. The molecule has 0 saturated heterocycles. The van der Waals surface area contributed by atoms with E-state index in [1.54, 1.807) is 0 Å². The molecule has 0 atom stereocenters. The van der Waals surface area contributed by atoms with Crippen molar-refractivity contribution in [2.24, 2.45) is 5.41 Å². The van der Waals surface area contributed by atoms with Crippen LogP contribution in [0.15, 0.2) is 18.3 Å². The van der Waals surface area contributed by atoms with Crippen LogP contribution in [0.2, 0.25) is 0 Å². The molecule has 88 valence electrons. The van der Waals surface area contributed by atoms with Crippen molar-refractivity contribution >= 4 is 0 Å². The van der Waals surface area contributed by atoms with Crippen LogP contribution in [0.25, 0.3) is 0 Å². The number of nitrogens with one attached hydrogen (secondary N) is 2. The van der Waals surface area contributed by atoms with E-state index < -0.39 is 0 Å². The van der Waals surface area contributed by atoms with Gasteiger partial charge in [0.2, 0.25) is 0 Å². The number of H-pyrrole nitrogens is 1. The molecule has 0 spiro atoms. The van der Waals surface area contributed by atoms with Crippen molar-refractivity contribution < 1.29 is 0 Å². The van der Waals surface area contributed by atoms with Crippen molar-refractivity contribution in [1.82, 2.24) is 10.3 Å². The number of hydrogen-bond donors (Lipinski definition) is 2. The molecular weight excluding hydrogens is 198 g/mol. The van der Waals surface area contributed by atoms with Crippen LogP contribution in [0, 0.1) is 16.7 Å². The zero-order valence-corrected chi connectivity index (χ0v) is 10.6. The smallest absolute Gasteiger partial charge is 0.0697 e. The van der Waals surface area contributed by atoms with E-state index in [1.807, 2.05) is 26.1 Å². The standard InChI is InChI=1S/C13H21N3/c1-12(2,8-14)9-15-10-13(3,4)11-6-5-7-16-11/h5-7,15-16H,9-10H2,1-4H3. The first-order valence-corrected chi connectivity index (χ1v) is 5.63. The Morgan fingerprint density at radius 2 is 2.00 bits per heavy atom. The molecule has 0 amide bonds. The quantitative estimate of drug-likeness (QED) is 0.799. The minimum absolute atomic E-state index is 0.0645. The molecular formula is C13H21N3. The highest BCUT2D eigenvalue weighted by Gasteiger charge is 2.23. The number of nitriles is 1. The van der Waals surface area contributed by atoms with Gasteiger partial charge in [-0.2, -0.15) is 5.26 Å². The van der Waals surface area contributed by atoms with E-state index in [0.29, 0.717) is 6.54 Å². The number of hydrogen-bond acceptors (Lipinski definition) is 2. The van der Waals surface area contributed by atoms with Crippen LogP contribution in [-0.2, 0) is 5.41 Å². The van der Waals surface area contributed by atoms with Crippen LogP contribution in [0.1, 0.15) is 33.4 Å². The SMILES string of the molecule is CC(C)(C#N)CNCC(C)(C)c1ccc[nH]1. The number of nitrogens with zero attached hydrogens (tertiary/aromatic N) is 1. The summed E-state index contributed by atoms with van der Waals surface area (Å²) in [6, 6.07) is 6.40. The van der Waals surface area contributed by atoms with E-state index in [0.717, 1.165) is 6.54 Å². The van der Waals surface area contributed by atoms with Gasteiger partial charge in [-0.1, -0.05) is 13.8 Å². The first kappa shape index (κ1) is 12.8. The fourth-order valence-electron chi connectivity index (χ4n) is 1.57. The molecule has 1 rings (SSSR count). The number of aromatic amines is 1. The predicted molar refractivity (Wildman–Crippen MR) is 66.1 cm³/mol. The van der Waals surface area contributed by atoms with Crippen LogP contribution in [-0.4, -0.2) is 18.1 Å². The molecule has 3 heteroatoms. The maximum Gasteiger partial charge on any atom is 0.0697 e. The summed E-state index contributed by atoms with van der Waals surface area (Å²) in [6.07, 6.45) is 1.94. The first-order chi connectivity index (χ1) is 7.37. The Morgan fingerprint density at radius 1 is 1.31 bits per heavy atom. The largest absolute Gasteiger partial charge is 0.365 e. The highest BCUT2D eigenvalue weighted by Crippen LogP contribution is 2.20. The third kappa shape index (κ3) is 3.39. The average molecular weight is 219 g/mol. The fraction of sp³-hybridized carbons (Fsp3) is 0.615. The second-order valence-corrected chi connectivity index (χ2v) is 5.57. The summed E-state index contributed by atoms with van der Waals surface area (Å²) in [4.78, 5) is 3.23. The van der Waals surface area contributed by atoms with E-state index >= 15 is 0 Å². The molecule has 16 heavy (non-hydrogen) atoms. The molecule has 0 saturated carbocycles. The minimum atomic E-state index is -0.300. The molecule has 0 aromatic carbocycles. The topological polar surface area (TPSA) is 51.6 Å². The van der Waals surface area contributed by atoms with Gasteiger partial charge in [0.15, 0.2) is 0 Å². The van der Waals surface area contributed by atoms with Gasteiger partial charge in [0.05, 0.1) is 11.5 Å². The van der Waals surface area contributed by atoms with E-state index in [4.69, 9.17) is 5.26 Å². The highest BCUT2D eigenvalue weighted by molar-refractivity contribution is 5.15. The summed E-state index contributed by atoms with van der Waals surface area (Å²) < 4.78 is 0. The Bertz CT molecular complexity index is 355. The van der Waals surface area contributed by atoms with Gasteiger partial charge in [0.1, 0.15) is 0 Å². The normalized spacial score (nSPS) is 12.4. The van der Waals surface area contributed by atoms with Crippen LogP contribution in [0.4, 0.5) is 0 Å². The number of rotatable bonds is 5. The second kappa shape index (κ2) is 4.71. The van der Waals surface area contributed by atoms with Crippen LogP contribution >= 0.6 is 0 Å². The Balaban J connectivity index is 2.47. The maximum absolute atomic E-state index is 8.91. The molecule has 0 fully saturated rings. The van der Waals surface area contributed by atoms with Gasteiger partial charge < -0.3 is 10.3 Å². The first-order valence-electron chi connectivity index (χ1n) is 5.63. The maximum atomic E-state index is 8.91. The van der Waals surface area contributed by atoms with E-state index in [-0.39, 0.29) is 10.8 Å². The molecule has 0 unspecified atom stereocenters. The van der Waals surface area contributed by atoms with Crippen molar-refractivity contribution in [2.75, 3.05) is 13.1 Å². The predicted octanol–water partition coefficient (Wildman–Crippen LogP) is 2.43. The van der Waals surface area contributed by atoms with Crippen molar-refractivity contribution in [2.45, 2.75) is 33.1 Å². The van der Waals surface area contributed by atoms with Gasteiger partial charge in [-0.25, -0.2) is 0 Å². The van der Waals surface area contributed by atoms with Crippen LogP contribution in [0.5, 0.6) is 0 Å². The summed E-state index contributed by atoms with van der Waals surface area (Å²) in [6.45, 7) is 9.84. The van der Waals surface area contributed by atoms with Crippen molar-refractivity contribution in [3.05, 3.63) is 24.0 Å². The lowest BCUT2D eigenvalue weighted by Gasteiger charge is -2.26. The van der Waals surface area contributed by atoms with Gasteiger partial charge in [0, 0.05) is 30.4 Å². The molecule has 0 aliphatic carbocycles.